The summed E-state index contributed by atoms with van der Waals surface area (Å²) in [6.45, 7) is 4.16. The van der Waals surface area contributed by atoms with E-state index < -0.39 is 5.91 Å². The lowest BCUT2D eigenvalue weighted by atomic mass is 9.94. The number of fused-ring (bicyclic) bond motifs is 3. The smallest absolute Gasteiger partial charge is 0.250 e. The fraction of sp³-hybridized carbons (Fsp3) is 0.143. The van der Waals surface area contributed by atoms with Crippen molar-refractivity contribution in [1.29, 1.82) is 0 Å². The molecule has 1 aliphatic rings. The van der Waals surface area contributed by atoms with Crippen LogP contribution < -0.4 is 5.73 Å². The van der Waals surface area contributed by atoms with Gasteiger partial charge in [0.15, 0.2) is 0 Å². The fourth-order valence-electron chi connectivity index (χ4n) is 3.58. The Labute approximate surface area is 141 Å². The van der Waals surface area contributed by atoms with E-state index in [2.05, 4.69) is 49.2 Å². The highest BCUT2D eigenvalue weighted by Crippen LogP contribution is 2.44. The molecule has 3 nitrogen and oxygen atoms in total. The van der Waals surface area contributed by atoms with Crippen molar-refractivity contribution in [3.8, 4) is 22.4 Å². The molecule has 0 spiro atoms. The van der Waals surface area contributed by atoms with Crippen molar-refractivity contribution in [3.63, 3.8) is 0 Å². The summed E-state index contributed by atoms with van der Waals surface area (Å²) in [5.41, 5.74) is 15.0. The zero-order chi connectivity index (χ0) is 16.8. The summed E-state index contributed by atoms with van der Waals surface area (Å²) in [7, 11) is 0. The summed E-state index contributed by atoms with van der Waals surface area (Å²) < 4.78 is 0. The van der Waals surface area contributed by atoms with E-state index in [1.165, 1.54) is 16.7 Å². The third-order valence-corrected chi connectivity index (χ3v) is 4.75. The highest BCUT2D eigenvalue weighted by atomic mass is 16.1. The molecular weight excluding hydrogens is 296 g/mol. The molecule has 0 atom stereocenters. The van der Waals surface area contributed by atoms with Gasteiger partial charge < -0.3 is 5.73 Å². The van der Waals surface area contributed by atoms with Crippen LogP contribution in [0.5, 0.6) is 0 Å². The third-order valence-electron chi connectivity index (χ3n) is 4.75. The minimum absolute atomic E-state index is 0.417. The maximum absolute atomic E-state index is 11.9. The molecule has 4 rings (SSSR count). The number of aryl methyl sites for hydroxylation is 2. The average molecular weight is 314 g/mol. The van der Waals surface area contributed by atoms with Crippen LogP contribution in [0, 0.1) is 13.8 Å². The van der Waals surface area contributed by atoms with E-state index in [0.717, 1.165) is 34.4 Å². The van der Waals surface area contributed by atoms with Crippen molar-refractivity contribution in [1.82, 2.24) is 4.98 Å². The molecule has 0 bridgehead atoms. The Morgan fingerprint density at radius 1 is 1.08 bits per heavy atom. The molecule has 118 valence electrons. The summed E-state index contributed by atoms with van der Waals surface area (Å²) in [4.78, 5) is 16.5. The molecule has 0 radical (unpaired) electrons. The van der Waals surface area contributed by atoms with Crippen molar-refractivity contribution < 1.29 is 4.79 Å². The molecule has 1 heterocycles. The molecule has 0 unspecified atom stereocenters. The van der Waals surface area contributed by atoms with Gasteiger partial charge in [-0.2, -0.15) is 0 Å². The minimum Gasteiger partial charge on any atom is -0.366 e. The Kier molecular flexibility index (Phi) is 3.24. The van der Waals surface area contributed by atoms with E-state index in [4.69, 9.17) is 5.73 Å². The van der Waals surface area contributed by atoms with E-state index in [1.54, 1.807) is 6.20 Å². The van der Waals surface area contributed by atoms with E-state index in [-0.39, 0.29) is 0 Å². The van der Waals surface area contributed by atoms with Gasteiger partial charge in [0.2, 0.25) is 0 Å². The molecule has 24 heavy (non-hydrogen) atoms. The van der Waals surface area contributed by atoms with Crippen molar-refractivity contribution in [2.45, 2.75) is 20.3 Å². The van der Waals surface area contributed by atoms with Gasteiger partial charge in [0.05, 0.1) is 11.3 Å². The number of amides is 1. The zero-order valence-corrected chi connectivity index (χ0v) is 13.8. The molecular formula is C21H18N2O. The van der Waals surface area contributed by atoms with E-state index >= 15 is 0 Å². The standard InChI is InChI=1S/C21H18N2O/c1-12-7-8-16-14(9-12)10-17-18(21(22)24)11-23-20(19(16)17)15-6-4-3-5-13(15)2/h3-9,11H,10H2,1-2H3,(H2,22,24). The SMILES string of the molecule is Cc1ccc2c(c1)Cc1c(C(N)=O)cnc(-c3ccccc3C)c1-2. The van der Waals surface area contributed by atoms with Gasteiger partial charge >= 0.3 is 0 Å². The van der Waals surface area contributed by atoms with Crippen molar-refractivity contribution >= 4 is 5.91 Å². The van der Waals surface area contributed by atoms with Gasteiger partial charge in [-0.05, 0) is 42.5 Å². The average Bonchev–Trinajstić information content (AvgIpc) is 2.92. The predicted molar refractivity (Wildman–Crippen MR) is 95.9 cm³/mol. The molecule has 0 fully saturated rings. The van der Waals surface area contributed by atoms with Gasteiger partial charge in [0.25, 0.3) is 5.91 Å². The Morgan fingerprint density at radius 2 is 1.88 bits per heavy atom. The van der Waals surface area contributed by atoms with Crippen LogP contribution in [-0.4, -0.2) is 10.9 Å². The second-order valence-electron chi connectivity index (χ2n) is 6.39. The fourth-order valence-corrected chi connectivity index (χ4v) is 3.58. The van der Waals surface area contributed by atoms with Gasteiger partial charge in [0, 0.05) is 17.3 Å². The first-order valence-corrected chi connectivity index (χ1v) is 8.04. The van der Waals surface area contributed by atoms with Crippen molar-refractivity contribution in [2.24, 2.45) is 5.73 Å². The maximum atomic E-state index is 11.9. The summed E-state index contributed by atoms with van der Waals surface area (Å²) in [6.07, 6.45) is 2.35. The second-order valence-corrected chi connectivity index (χ2v) is 6.39. The van der Waals surface area contributed by atoms with Crippen molar-refractivity contribution in [3.05, 3.63) is 76.5 Å². The molecule has 2 N–H and O–H groups in total. The third kappa shape index (κ3) is 2.13. The lowest BCUT2D eigenvalue weighted by Gasteiger charge is -2.13. The number of carbonyl (C=O) groups is 1. The molecule has 3 aromatic rings. The highest BCUT2D eigenvalue weighted by molar-refractivity contribution is 6.00. The van der Waals surface area contributed by atoms with Crippen molar-refractivity contribution in [2.75, 3.05) is 0 Å². The van der Waals surface area contributed by atoms with Crippen LogP contribution in [0.15, 0.2) is 48.7 Å². The van der Waals surface area contributed by atoms with E-state index in [9.17, 15) is 4.79 Å². The number of nitrogens with zero attached hydrogens (tertiary/aromatic N) is 1. The Balaban J connectivity index is 2.06. The molecule has 1 aromatic heterocycles. The number of pyridine rings is 1. The van der Waals surface area contributed by atoms with Crippen LogP contribution in [0.2, 0.25) is 0 Å². The molecule has 3 heteroatoms. The lowest BCUT2D eigenvalue weighted by Crippen LogP contribution is -2.14. The minimum atomic E-state index is -0.417. The molecule has 0 saturated heterocycles. The highest BCUT2D eigenvalue weighted by Gasteiger charge is 2.27. The van der Waals surface area contributed by atoms with Gasteiger partial charge in [-0.1, -0.05) is 48.0 Å². The largest absolute Gasteiger partial charge is 0.366 e. The van der Waals surface area contributed by atoms with E-state index in [0.29, 0.717) is 5.56 Å². The topological polar surface area (TPSA) is 56.0 Å². The van der Waals surface area contributed by atoms with Crippen LogP contribution in [0.1, 0.15) is 32.6 Å². The number of rotatable bonds is 2. The van der Waals surface area contributed by atoms with Gasteiger partial charge in [0.1, 0.15) is 0 Å². The summed E-state index contributed by atoms with van der Waals surface area (Å²) in [6, 6.07) is 14.6. The van der Waals surface area contributed by atoms with Gasteiger partial charge in [-0.15, -0.1) is 0 Å². The predicted octanol–water partition coefficient (Wildman–Crippen LogP) is 4.04. The number of nitrogens with two attached hydrogens (primary N) is 1. The normalized spacial score (nSPS) is 11.9. The number of hydrogen-bond acceptors (Lipinski definition) is 2. The Bertz CT molecular complexity index is 989. The molecule has 2 aromatic carbocycles. The Morgan fingerprint density at radius 3 is 2.62 bits per heavy atom. The quantitative estimate of drug-likeness (QED) is 0.607. The summed E-state index contributed by atoms with van der Waals surface area (Å²) in [5.74, 6) is -0.417. The summed E-state index contributed by atoms with van der Waals surface area (Å²) in [5, 5.41) is 0. The first-order chi connectivity index (χ1) is 11.6. The van der Waals surface area contributed by atoms with Crippen LogP contribution in [0.3, 0.4) is 0 Å². The maximum Gasteiger partial charge on any atom is 0.250 e. The van der Waals surface area contributed by atoms with E-state index in [1.807, 2.05) is 12.1 Å². The Hall–Kier alpha value is -2.94. The monoisotopic (exact) mass is 314 g/mol. The number of benzene rings is 2. The summed E-state index contributed by atoms with van der Waals surface area (Å²) >= 11 is 0. The van der Waals surface area contributed by atoms with Crippen LogP contribution in [-0.2, 0) is 6.42 Å². The first-order valence-electron chi connectivity index (χ1n) is 8.04. The molecule has 1 aliphatic carbocycles. The zero-order valence-electron chi connectivity index (χ0n) is 13.8. The number of aromatic nitrogens is 1. The van der Waals surface area contributed by atoms with Crippen LogP contribution in [0.25, 0.3) is 22.4 Å². The number of primary amides is 1. The molecule has 1 amide bonds. The van der Waals surface area contributed by atoms with Gasteiger partial charge in [-0.3, -0.25) is 9.78 Å². The number of hydrogen-bond donors (Lipinski definition) is 1. The number of carbonyl (C=O) groups excluding carboxylic acids is 1. The van der Waals surface area contributed by atoms with Crippen LogP contribution in [0.4, 0.5) is 0 Å². The lowest BCUT2D eigenvalue weighted by molar-refractivity contribution is 0.0999. The van der Waals surface area contributed by atoms with Gasteiger partial charge in [-0.25, -0.2) is 0 Å². The first kappa shape index (κ1) is 14.6. The molecule has 0 aliphatic heterocycles. The van der Waals surface area contributed by atoms with Crippen LogP contribution >= 0.6 is 0 Å². The second kappa shape index (κ2) is 5.31. The molecule has 0 saturated carbocycles.